The van der Waals surface area contributed by atoms with E-state index in [2.05, 4.69) is 0 Å². The average molecular weight is 258 g/mol. The lowest BCUT2D eigenvalue weighted by molar-refractivity contribution is -0.172. The van der Waals surface area contributed by atoms with E-state index in [1.54, 1.807) is 13.8 Å². The highest BCUT2D eigenvalue weighted by Gasteiger charge is 2.39. The Morgan fingerprint density at radius 3 is 2.17 bits per heavy atom. The third-order valence-corrected chi connectivity index (χ3v) is 3.10. The molecule has 1 atom stereocenters. The molecule has 1 fully saturated rings. The van der Waals surface area contributed by atoms with Crippen LogP contribution in [-0.4, -0.2) is 24.6 Å². The van der Waals surface area contributed by atoms with E-state index in [1.165, 1.54) is 0 Å². The number of carbonyl (C=O) groups excluding carboxylic acids is 2. The van der Waals surface area contributed by atoms with Gasteiger partial charge in [-0.1, -0.05) is 26.7 Å². The first-order valence-electron chi connectivity index (χ1n) is 6.87. The highest BCUT2D eigenvalue weighted by atomic mass is 16.6. The first kappa shape index (κ1) is 16.9. The minimum atomic E-state index is -0.801. The van der Waals surface area contributed by atoms with Gasteiger partial charge in [-0.2, -0.15) is 0 Å². The smallest absolute Gasteiger partial charge is 0.347 e. The summed E-state index contributed by atoms with van der Waals surface area (Å²) in [4.78, 5) is 23.2. The molecular weight excluding hydrogens is 232 g/mol. The van der Waals surface area contributed by atoms with Crippen LogP contribution >= 0.6 is 0 Å². The van der Waals surface area contributed by atoms with Crippen LogP contribution in [0.15, 0.2) is 0 Å². The molecule has 0 amide bonds. The van der Waals surface area contributed by atoms with E-state index < -0.39 is 17.5 Å². The molecule has 1 saturated carbocycles. The van der Waals surface area contributed by atoms with Crippen LogP contribution in [0.1, 0.15) is 60.3 Å². The van der Waals surface area contributed by atoms with Crippen LogP contribution in [0.5, 0.6) is 0 Å². The Labute approximate surface area is 110 Å². The van der Waals surface area contributed by atoms with Crippen molar-refractivity contribution in [1.29, 1.82) is 0 Å². The van der Waals surface area contributed by atoms with Crippen LogP contribution in [0, 0.1) is 5.41 Å². The predicted octanol–water partition coefficient (Wildman–Crippen LogP) is 3.09. The molecule has 1 unspecified atom stereocenters. The van der Waals surface area contributed by atoms with E-state index in [0.29, 0.717) is 6.61 Å². The van der Waals surface area contributed by atoms with Gasteiger partial charge in [-0.15, -0.1) is 0 Å². The number of ether oxygens (including phenoxy) is 2. The molecule has 4 nitrogen and oxygen atoms in total. The second-order valence-corrected chi connectivity index (χ2v) is 4.57. The van der Waals surface area contributed by atoms with Gasteiger partial charge in [0, 0.05) is 0 Å². The Bertz CT molecular complexity index is 267. The summed E-state index contributed by atoms with van der Waals surface area (Å²) in [6, 6.07) is 0. The quantitative estimate of drug-likeness (QED) is 0.727. The second kappa shape index (κ2) is 8.11. The molecule has 0 N–H and O–H groups in total. The van der Waals surface area contributed by atoms with Gasteiger partial charge in [0.2, 0.25) is 0 Å². The van der Waals surface area contributed by atoms with Gasteiger partial charge in [-0.3, -0.25) is 4.79 Å². The molecule has 1 aliphatic rings. The fourth-order valence-electron chi connectivity index (χ4n) is 1.97. The monoisotopic (exact) mass is 258 g/mol. The van der Waals surface area contributed by atoms with Gasteiger partial charge in [-0.25, -0.2) is 4.79 Å². The van der Waals surface area contributed by atoms with Crippen molar-refractivity contribution in [1.82, 2.24) is 0 Å². The fraction of sp³-hybridized carbons (Fsp3) is 0.857. The topological polar surface area (TPSA) is 52.6 Å². The van der Waals surface area contributed by atoms with E-state index >= 15 is 0 Å². The zero-order chi connectivity index (χ0) is 14.2. The molecule has 0 heterocycles. The molecule has 0 aromatic carbocycles. The van der Waals surface area contributed by atoms with Gasteiger partial charge in [-0.05, 0) is 33.6 Å². The molecule has 0 aromatic rings. The third-order valence-electron chi connectivity index (χ3n) is 3.10. The van der Waals surface area contributed by atoms with Crippen molar-refractivity contribution in [3.63, 3.8) is 0 Å². The fourth-order valence-corrected chi connectivity index (χ4v) is 1.97. The minimum absolute atomic E-state index is 0.273. The summed E-state index contributed by atoms with van der Waals surface area (Å²) < 4.78 is 9.92. The maximum absolute atomic E-state index is 11.9. The zero-order valence-corrected chi connectivity index (χ0v) is 12.2. The van der Waals surface area contributed by atoms with Crippen molar-refractivity contribution in [2.75, 3.05) is 6.61 Å². The number of esters is 2. The molecule has 0 radical (unpaired) electrons. The standard InChI is InChI=1S/C12H20O4.C2H6/c1-4-15-10(13)9(2)16-11(14)12(3)7-5-6-8-12;1-2/h9H,4-8H2,1-3H3;1-2H3. The minimum Gasteiger partial charge on any atom is -0.463 e. The molecule has 0 spiro atoms. The Hall–Kier alpha value is -1.06. The number of hydrogen-bond acceptors (Lipinski definition) is 4. The van der Waals surface area contributed by atoms with Crippen LogP contribution in [-0.2, 0) is 19.1 Å². The maximum atomic E-state index is 11.9. The summed E-state index contributed by atoms with van der Waals surface area (Å²) in [5, 5.41) is 0. The summed E-state index contributed by atoms with van der Waals surface area (Å²) in [6.45, 7) is 9.48. The lowest BCUT2D eigenvalue weighted by atomic mass is 9.89. The van der Waals surface area contributed by atoms with Gasteiger partial charge >= 0.3 is 11.9 Å². The largest absolute Gasteiger partial charge is 0.463 e. The van der Waals surface area contributed by atoms with E-state index in [-0.39, 0.29) is 5.97 Å². The molecule has 0 bridgehead atoms. The number of carbonyl (C=O) groups is 2. The normalized spacial score (nSPS) is 18.3. The summed E-state index contributed by atoms with van der Waals surface area (Å²) >= 11 is 0. The molecule has 18 heavy (non-hydrogen) atoms. The van der Waals surface area contributed by atoms with Gasteiger partial charge in [0.25, 0.3) is 0 Å². The van der Waals surface area contributed by atoms with Gasteiger partial charge < -0.3 is 9.47 Å². The van der Waals surface area contributed by atoms with Gasteiger partial charge in [0.15, 0.2) is 6.10 Å². The zero-order valence-electron chi connectivity index (χ0n) is 12.2. The molecule has 1 aliphatic carbocycles. The maximum Gasteiger partial charge on any atom is 0.347 e. The lowest BCUT2D eigenvalue weighted by Crippen LogP contribution is -2.33. The van der Waals surface area contributed by atoms with Crippen LogP contribution in [0.4, 0.5) is 0 Å². The van der Waals surface area contributed by atoms with Crippen molar-refractivity contribution >= 4 is 11.9 Å². The van der Waals surface area contributed by atoms with Crippen molar-refractivity contribution in [3.05, 3.63) is 0 Å². The van der Waals surface area contributed by atoms with Crippen LogP contribution in [0.3, 0.4) is 0 Å². The molecule has 0 aliphatic heterocycles. The number of hydrogen-bond donors (Lipinski definition) is 0. The van der Waals surface area contributed by atoms with E-state index in [9.17, 15) is 9.59 Å². The highest BCUT2D eigenvalue weighted by molar-refractivity contribution is 5.82. The van der Waals surface area contributed by atoms with Crippen LogP contribution < -0.4 is 0 Å². The Morgan fingerprint density at radius 2 is 1.72 bits per heavy atom. The highest BCUT2D eigenvalue weighted by Crippen LogP contribution is 2.38. The van der Waals surface area contributed by atoms with E-state index in [4.69, 9.17) is 9.47 Å². The van der Waals surface area contributed by atoms with Crippen molar-refractivity contribution in [3.8, 4) is 0 Å². The Kier molecular flexibility index (Phi) is 7.64. The summed E-state index contributed by atoms with van der Waals surface area (Å²) in [5.41, 5.74) is -0.402. The Balaban J connectivity index is 0.00000137. The van der Waals surface area contributed by atoms with Gasteiger partial charge in [0.1, 0.15) is 0 Å². The third kappa shape index (κ3) is 4.67. The Morgan fingerprint density at radius 1 is 1.22 bits per heavy atom. The molecule has 0 aromatic heterocycles. The van der Waals surface area contributed by atoms with Gasteiger partial charge in [0.05, 0.1) is 12.0 Å². The average Bonchev–Trinajstić information content (AvgIpc) is 2.80. The molecule has 106 valence electrons. The lowest BCUT2D eigenvalue weighted by Gasteiger charge is -2.23. The second-order valence-electron chi connectivity index (χ2n) is 4.57. The summed E-state index contributed by atoms with van der Waals surface area (Å²) in [6.07, 6.45) is 3.01. The van der Waals surface area contributed by atoms with E-state index in [0.717, 1.165) is 25.7 Å². The summed E-state index contributed by atoms with van der Waals surface area (Å²) in [5.74, 6) is -0.747. The molecule has 1 rings (SSSR count). The summed E-state index contributed by atoms with van der Waals surface area (Å²) in [7, 11) is 0. The molecule has 4 heteroatoms. The van der Waals surface area contributed by atoms with Crippen molar-refractivity contribution in [2.24, 2.45) is 5.41 Å². The van der Waals surface area contributed by atoms with E-state index in [1.807, 2.05) is 20.8 Å². The predicted molar refractivity (Wildman–Crippen MR) is 70.1 cm³/mol. The number of rotatable bonds is 4. The SMILES string of the molecule is CC.CCOC(=O)C(C)OC(=O)C1(C)CCCC1. The van der Waals surface area contributed by atoms with Crippen LogP contribution in [0.25, 0.3) is 0 Å². The first-order valence-corrected chi connectivity index (χ1v) is 6.87. The first-order chi connectivity index (χ1) is 8.49. The van der Waals surface area contributed by atoms with Crippen molar-refractivity contribution < 1.29 is 19.1 Å². The van der Waals surface area contributed by atoms with Crippen LogP contribution in [0.2, 0.25) is 0 Å². The van der Waals surface area contributed by atoms with Crippen molar-refractivity contribution in [2.45, 2.75) is 66.4 Å². The molecular formula is C14H26O4. The molecule has 0 saturated heterocycles.